The Labute approximate surface area is 98.5 Å². The molecule has 0 aromatic rings. The fourth-order valence-corrected chi connectivity index (χ4v) is 1.24. The van der Waals surface area contributed by atoms with E-state index in [-0.39, 0.29) is 5.91 Å². The van der Waals surface area contributed by atoms with Crippen LogP contribution in [0.15, 0.2) is 11.6 Å². The minimum atomic E-state index is -0.0819. The molecular weight excluding hydrogens is 198 g/mol. The van der Waals surface area contributed by atoms with Crippen LogP contribution in [0.2, 0.25) is 0 Å². The Balaban J connectivity index is 3.47. The van der Waals surface area contributed by atoms with Crippen molar-refractivity contribution in [2.75, 3.05) is 6.54 Å². The fraction of sp³-hybridized carbons (Fsp3) is 0.500. The number of unbranched alkanes of at least 4 members (excludes halogenated alkanes) is 4. The van der Waals surface area contributed by atoms with Crippen molar-refractivity contribution in [3.63, 3.8) is 0 Å². The lowest BCUT2D eigenvalue weighted by Crippen LogP contribution is -2.25. The summed E-state index contributed by atoms with van der Waals surface area (Å²) in [6.45, 7) is 2.41. The van der Waals surface area contributed by atoms with Gasteiger partial charge in [-0.15, -0.1) is 18.8 Å². The number of nitrogens with one attached hydrogen (secondary N) is 1. The lowest BCUT2D eigenvalue weighted by atomic mass is 10.1. The Morgan fingerprint density at radius 2 is 1.94 bits per heavy atom. The van der Waals surface area contributed by atoms with Crippen LogP contribution in [0.25, 0.3) is 0 Å². The summed E-state index contributed by atoms with van der Waals surface area (Å²) in [5.74, 6) is 4.86. The third kappa shape index (κ3) is 7.71. The van der Waals surface area contributed by atoms with Crippen molar-refractivity contribution >= 4 is 5.91 Å². The van der Waals surface area contributed by atoms with Gasteiger partial charge in [0.15, 0.2) is 0 Å². The zero-order valence-corrected chi connectivity index (χ0v) is 9.88. The Bertz CT molecular complexity index is 315. The number of hydrogen-bond donors (Lipinski definition) is 1. The van der Waals surface area contributed by atoms with Gasteiger partial charge >= 0.3 is 0 Å². The largest absolute Gasteiger partial charge is 0.352 e. The molecule has 0 aliphatic heterocycles. The smallest absolute Gasteiger partial charge is 0.247 e. The number of carbonyl (C=O) groups is 1. The summed E-state index contributed by atoms with van der Waals surface area (Å²) in [4.78, 5) is 11.4. The second-order valence-corrected chi connectivity index (χ2v) is 3.62. The fourth-order valence-electron chi connectivity index (χ4n) is 1.24. The molecule has 0 rings (SSSR count). The highest BCUT2D eigenvalue weighted by molar-refractivity contribution is 5.93. The molecule has 2 nitrogen and oxygen atoms in total. The van der Waals surface area contributed by atoms with Crippen LogP contribution in [-0.2, 0) is 4.79 Å². The van der Waals surface area contributed by atoms with Gasteiger partial charge in [0, 0.05) is 18.5 Å². The van der Waals surface area contributed by atoms with Crippen LogP contribution in [0.5, 0.6) is 0 Å². The molecule has 1 amide bonds. The summed E-state index contributed by atoms with van der Waals surface area (Å²) < 4.78 is 0. The first-order valence-corrected chi connectivity index (χ1v) is 5.57. The van der Waals surface area contributed by atoms with E-state index in [0.717, 1.165) is 32.1 Å². The normalized spacial score (nSPS) is 10.3. The molecular formula is C14H19NO. The minimum absolute atomic E-state index is 0.0819. The van der Waals surface area contributed by atoms with Gasteiger partial charge in [-0.1, -0.05) is 18.8 Å². The van der Waals surface area contributed by atoms with Gasteiger partial charge in [-0.05, 0) is 25.8 Å². The highest BCUT2D eigenvalue weighted by Gasteiger charge is 2.01. The molecule has 0 spiro atoms. The van der Waals surface area contributed by atoms with E-state index in [0.29, 0.717) is 12.1 Å². The first kappa shape index (κ1) is 14.3. The SMILES string of the molecule is C#C/C=C(/C)C(=O)NCCCCCCC#C. The van der Waals surface area contributed by atoms with Crippen LogP contribution in [0.1, 0.15) is 39.0 Å². The van der Waals surface area contributed by atoms with Gasteiger partial charge in [0.05, 0.1) is 0 Å². The topological polar surface area (TPSA) is 29.1 Å². The Morgan fingerprint density at radius 1 is 1.25 bits per heavy atom. The third-order valence-corrected chi connectivity index (χ3v) is 2.19. The molecule has 1 N–H and O–H groups in total. The molecule has 0 aromatic heterocycles. The molecule has 0 saturated carbocycles. The second kappa shape index (κ2) is 9.87. The van der Waals surface area contributed by atoms with Crippen molar-refractivity contribution in [2.45, 2.75) is 39.0 Å². The Kier molecular flexibility index (Phi) is 8.84. The minimum Gasteiger partial charge on any atom is -0.352 e. The lowest BCUT2D eigenvalue weighted by Gasteiger charge is -2.04. The molecule has 0 aromatic carbocycles. The van der Waals surface area contributed by atoms with E-state index in [1.54, 1.807) is 6.92 Å². The van der Waals surface area contributed by atoms with Crippen molar-refractivity contribution in [3.8, 4) is 24.7 Å². The van der Waals surface area contributed by atoms with Gasteiger partial charge in [0.25, 0.3) is 0 Å². The van der Waals surface area contributed by atoms with Crippen LogP contribution in [0.3, 0.4) is 0 Å². The summed E-state index contributed by atoms with van der Waals surface area (Å²) in [7, 11) is 0. The van der Waals surface area contributed by atoms with E-state index < -0.39 is 0 Å². The molecule has 0 radical (unpaired) electrons. The van der Waals surface area contributed by atoms with E-state index in [1.165, 1.54) is 6.08 Å². The van der Waals surface area contributed by atoms with Gasteiger partial charge < -0.3 is 5.32 Å². The monoisotopic (exact) mass is 217 g/mol. The summed E-state index contributed by atoms with van der Waals surface area (Å²) >= 11 is 0. The molecule has 2 heteroatoms. The number of allylic oxidation sites excluding steroid dienone is 1. The average Bonchev–Trinajstić information content (AvgIpc) is 2.28. The molecule has 0 unspecified atom stereocenters. The molecule has 0 aliphatic carbocycles. The molecule has 0 atom stereocenters. The molecule has 86 valence electrons. The Morgan fingerprint density at radius 3 is 2.56 bits per heavy atom. The highest BCUT2D eigenvalue weighted by atomic mass is 16.1. The average molecular weight is 217 g/mol. The van der Waals surface area contributed by atoms with Gasteiger partial charge in [-0.2, -0.15) is 0 Å². The highest BCUT2D eigenvalue weighted by Crippen LogP contribution is 2.01. The van der Waals surface area contributed by atoms with Crippen molar-refractivity contribution in [2.24, 2.45) is 0 Å². The van der Waals surface area contributed by atoms with E-state index in [2.05, 4.69) is 17.2 Å². The first-order chi connectivity index (χ1) is 7.72. The first-order valence-electron chi connectivity index (χ1n) is 5.57. The van der Waals surface area contributed by atoms with E-state index >= 15 is 0 Å². The van der Waals surface area contributed by atoms with Gasteiger partial charge in [-0.25, -0.2) is 0 Å². The van der Waals surface area contributed by atoms with E-state index in [1.807, 2.05) is 0 Å². The third-order valence-electron chi connectivity index (χ3n) is 2.19. The van der Waals surface area contributed by atoms with Crippen LogP contribution < -0.4 is 5.32 Å². The number of carbonyl (C=O) groups excluding carboxylic acids is 1. The quantitative estimate of drug-likeness (QED) is 0.395. The summed E-state index contributed by atoms with van der Waals surface area (Å²) in [6.07, 6.45) is 16.8. The lowest BCUT2D eigenvalue weighted by molar-refractivity contribution is -0.117. The van der Waals surface area contributed by atoms with Crippen LogP contribution in [-0.4, -0.2) is 12.5 Å². The van der Waals surface area contributed by atoms with Crippen LogP contribution >= 0.6 is 0 Å². The number of rotatable bonds is 7. The number of terminal acetylenes is 2. The predicted molar refractivity (Wildman–Crippen MR) is 67.5 cm³/mol. The molecule has 0 aliphatic rings. The Hall–Kier alpha value is -1.67. The van der Waals surface area contributed by atoms with Crippen molar-refractivity contribution < 1.29 is 4.79 Å². The van der Waals surface area contributed by atoms with Gasteiger partial charge in [0.2, 0.25) is 5.91 Å². The van der Waals surface area contributed by atoms with Crippen LogP contribution in [0.4, 0.5) is 0 Å². The van der Waals surface area contributed by atoms with E-state index in [9.17, 15) is 4.79 Å². The molecule has 0 heterocycles. The standard InChI is InChI=1S/C14H19NO/c1-4-6-7-8-9-10-12-15-14(16)13(3)11-5-2/h1-2,11H,6-10,12H2,3H3,(H,15,16)/b13-11-. The zero-order valence-electron chi connectivity index (χ0n) is 9.88. The van der Waals surface area contributed by atoms with Crippen molar-refractivity contribution in [3.05, 3.63) is 11.6 Å². The maximum atomic E-state index is 11.4. The van der Waals surface area contributed by atoms with Gasteiger partial charge in [0.1, 0.15) is 0 Å². The molecule has 0 bridgehead atoms. The van der Waals surface area contributed by atoms with Crippen molar-refractivity contribution in [1.82, 2.24) is 5.32 Å². The molecule has 16 heavy (non-hydrogen) atoms. The number of amides is 1. The summed E-state index contributed by atoms with van der Waals surface area (Å²) in [6, 6.07) is 0. The second-order valence-electron chi connectivity index (χ2n) is 3.62. The predicted octanol–water partition coefficient (Wildman–Crippen LogP) is 2.27. The van der Waals surface area contributed by atoms with Crippen molar-refractivity contribution in [1.29, 1.82) is 0 Å². The van der Waals surface area contributed by atoms with Crippen LogP contribution in [0, 0.1) is 24.7 Å². The summed E-state index contributed by atoms with van der Waals surface area (Å²) in [5.41, 5.74) is 0.579. The molecule has 0 fully saturated rings. The van der Waals surface area contributed by atoms with Gasteiger partial charge in [-0.3, -0.25) is 4.79 Å². The zero-order chi connectivity index (χ0) is 12.2. The van der Waals surface area contributed by atoms with E-state index in [4.69, 9.17) is 12.8 Å². The maximum Gasteiger partial charge on any atom is 0.247 e. The maximum absolute atomic E-state index is 11.4. The number of hydrogen-bond acceptors (Lipinski definition) is 1. The molecule has 0 saturated heterocycles. The summed E-state index contributed by atoms with van der Waals surface area (Å²) in [5, 5.41) is 2.82.